The van der Waals surface area contributed by atoms with Crippen LogP contribution in [0.3, 0.4) is 0 Å². The van der Waals surface area contributed by atoms with Crippen LogP contribution in [0.15, 0.2) is 12.1 Å². The van der Waals surface area contributed by atoms with Crippen LogP contribution < -0.4 is 10.6 Å². The molecule has 1 aliphatic carbocycles. The Bertz CT molecular complexity index is 419. The molecule has 0 aromatic heterocycles. The lowest BCUT2D eigenvalue weighted by Gasteiger charge is -2.27. The van der Waals surface area contributed by atoms with Gasteiger partial charge in [-0.3, -0.25) is 0 Å². The third-order valence-electron chi connectivity index (χ3n) is 4.40. The zero-order valence-corrected chi connectivity index (χ0v) is 11.5. The largest absolute Gasteiger partial charge is 0.374 e. The SMILES string of the molecule is Cc1ccc(N(C)CC2(CN)CC2)c(C)c1C. The van der Waals surface area contributed by atoms with E-state index in [1.54, 1.807) is 0 Å². The van der Waals surface area contributed by atoms with E-state index in [9.17, 15) is 0 Å². The van der Waals surface area contributed by atoms with Crippen LogP contribution in [-0.4, -0.2) is 20.1 Å². The van der Waals surface area contributed by atoms with Crippen molar-refractivity contribution in [2.24, 2.45) is 11.1 Å². The third-order valence-corrected chi connectivity index (χ3v) is 4.40. The van der Waals surface area contributed by atoms with E-state index in [0.717, 1.165) is 13.1 Å². The molecule has 2 N–H and O–H groups in total. The summed E-state index contributed by atoms with van der Waals surface area (Å²) in [6, 6.07) is 4.46. The van der Waals surface area contributed by atoms with Gasteiger partial charge in [0.15, 0.2) is 0 Å². The summed E-state index contributed by atoms with van der Waals surface area (Å²) in [7, 11) is 2.19. The first-order chi connectivity index (χ1) is 7.99. The molecule has 17 heavy (non-hydrogen) atoms. The molecule has 1 saturated carbocycles. The topological polar surface area (TPSA) is 29.3 Å². The van der Waals surface area contributed by atoms with Gasteiger partial charge in [0.25, 0.3) is 0 Å². The summed E-state index contributed by atoms with van der Waals surface area (Å²) in [5, 5.41) is 0. The number of benzene rings is 1. The van der Waals surface area contributed by atoms with Gasteiger partial charge in [0.1, 0.15) is 0 Å². The predicted molar refractivity (Wildman–Crippen MR) is 74.6 cm³/mol. The molecule has 1 aliphatic rings. The van der Waals surface area contributed by atoms with Gasteiger partial charge in [-0.15, -0.1) is 0 Å². The van der Waals surface area contributed by atoms with Crippen LogP contribution in [0.2, 0.25) is 0 Å². The maximum absolute atomic E-state index is 5.86. The Morgan fingerprint density at radius 1 is 1.18 bits per heavy atom. The molecular weight excluding hydrogens is 208 g/mol. The average Bonchev–Trinajstić information content (AvgIpc) is 3.06. The zero-order valence-electron chi connectivity index (χ0n) is 11.5. The second kappa shape index (κ2) is 4.34. The van der Waals surface area contributed by atoms with E-state index in [1.165, 1.54) is 35.2 Å². The van der Waals surface area contributed by atoms with Crippen LogP contribution >= 0.6 is 0 Å². The lowest BCUT2D eigenvalue weighted by Crippen LogP contribution is -2.31. The monoisotopic (exact) mass is 232 g/mol. The summed E-state index contributed by atoms with van der Waals surface area (Å²) >= 11 is 0. The standard InChI is InChI=1S/C15H24N2/c1-11-5-6-14(13(3)12(11)2)17(4)10-15(9-16)7-8-15/h5-6H,7-10,16H2,1-4H3. The molecule has 0 radical (unpaired) electrons. The number of nitrogens with zero attached hydrogens (tertiary/aromatic N) is 1. The van der Waals surface area contributed by atoms with Crippen molar-refractivity contribution in [1.29, 1.82) is 0 Å². The number of nitrogens with two attached hydrogens (primary N) is 1. The molecule has 0 saturated heterocycles. The first-order valence-electron chi connectivity index (χ1n) is 6.47. The van der Waals surface area contributed by atoms with Gasteiger partial charge in [-0.05, 0) is 62.9 Å². The number of aryl methyl sites for hydroxylation is 1. The fraction of sp³-hybridized carbons (Fsp3) is 0.600. The Balaban J connectivity index is 2.19. The molecule has 0 amide bonds. The minimum Gasteiger partial charge on any atom is -0.374 e. The lowest BCUT2D eigenvalue weighted by molar-refractivity contribution is 0.523. The van der Waals surface area contributed by atoms with Gasteiger partial charge in [-0.1, -0.05) is 6.07 Å². The van der Waals surface area contributed by atoms with Gasteiger partial charge in [0.05, 0.1) is 0 Å². The molecule has 2 nitrogen and oxygen atoms in total. The Labute approximate surface area is 105 Å². The van der Waals surface area contributed by atoms with Gasteiger partial charge in [0, 0.05) is 24.7 Å². The summed E-state index contributed by atoms with van der Waals surface area (Å²) in [4.78, 5) is 2.38. The molecule has 0 spiro atoms. The van der Waals surface area contributed by atoms with Gasteiger partial charge < -0.3 is 10.6 Å². The quantitative estimate of drug-likeness (QED) is 0.865. The van der Waals surface area contributed by atoms with E-state index in [0.29, 0.717) is 5.41 Å². The van der Waals surface area contributed by atoms with Crippen molar-refractivity contribution < 1.29 is 0 Å². The fourth-order valence-electron chi connectivity index (χ4n) is 2.55. The maximum atomic E-state index is 5.86. The average molecular weight is 232 g/mol. The highest BCUT2D eigenvalue weighted by atomic mass is 15.1. The van der Waals surface area contributed by atoms with Crippen LogP contribution in [0.25, 0.3) is 0 Å². The molecule has 0 atom stereocenters. The smallest absolute Gasteiger partial charge is 0.0396 e. The molecule has 2 rings (SSSR count). The molecule has 1 fully saturated rings. The Kier molecular flexibility index (Phi) is 3.17. The minimum atomic E-state index is 0.403. The van der Waals surface area contributed by atoms with Crippen molar-refractivity contribution in [3.63, 3.8) is 0 Å². The van der Waals surface area contributed by atoms with Crippen LogP contribution in [0.4, 0.5) is 5.69 Å². The second-order valence-corrected chi connectivity index (χ2v) is 5.71. The number of anilines is 1. The number of hydrogen-bond donors (Lipinski definition) is 1. The predicted octanol–water partition coefficient (Wildman–Crippen LogP) is 2.79. The van der Waals surface area contributed by atoms with Gasteiger partial charge in [-0.2, -0.15) is 0 Å². The molecule has 2 heteroatoms. The van der Waals surface area contributed by atoms with Crippen molar-refractivity contribution >= 4 is 5.69 Å². The zero-order chi connectivity index (χ0) is 12.6. The molecule has 0 heterocycles. The van der Waals surface area contributed by atoms with Crippen LogP contribution in [0.5, 0.6) is 0 Å². The first kappa shape index (κ1) is 12.4. The third kappa shape index (κ3) is 2.32. The van der Waals surface area contributed by atoms with Crippen LogP contribution in [-0.2, 0) is 0 Å². The summed E-state index contributed by atoms with van der Waals surface area (Å²) < 4.78 is 0. The van der Waals surface area contributed by atoms with Crippen molar-refractivity contribution in [3.05, 3.63) is 28.8 Å². The van der Waals surface area contributed by atoms with E-state index >= 15 is 0 Å². The van der Waals surface area contributed by atoms with Gasteiger partial charge >= 0.3 is 0 Å². The van der Waals surface area contributed by atoms with Crippen LogP contribution in [0, 0.1) is 26.2 Å². The van der Waals surface area contributed by atoms with Gasteiger partial charge in [-0.25, -0.2) is 0 Å². The van der Waals surface area contributed by atoms with Crippen molar-refractivity contribution in [3.8, 4) is 0 Å². The summed E-state index contributed by atoms with van der Waals surface area (Å²) in [6.45, 7) is 8.51. The number of hydrogen-bond acceptors (Lipinski definition) is 2. The summed E-state index contributed by atoms with van der Waals surface area (Å²) in [6.07, 6.45) is 2.58. The van der Waals surface area contributed by atoms with E-state index < -0.39 is 0 Å². The molecule has 0 bridgehead atoms. The first-order valence-corrected chi connectivity index (χ1v) is 6.47. The molecule has 94 valence electrons. The Morgan fingerprint density at radius 2 is 1.82 bits per heavy atom. The molecular formula is C15H24N2. The van der Waals surface area contributed by atoms with Crippen LogP contribution in [0.1, 0.15) is 29.5 Å². The summed E-state index contributed by atoms with van der Waals surface area (Å²) in [5.41, 5.74) is 11.8. The van der Waals surface area contributed by atoms with E-state index in [4.69, 9.17) is 5.73 Å². The van der Waals surface area contributed by atoms with Crippen molar-refractivity contribution in [2.75, 3.05) is 25.0 Å². The van der Waals surface area contributed by atoms with E-state index in [1.807, 2.05) is 0 Å². The number of rotatable bonds is 4. The van der Waals surface area contributed by atoms with E-state index in [-0.39, 0.29) is 0 Å². The van der Waals surface area contributed by atoms with Crippen molar-refractivity contribution in [1.82, 2.24) is 0 Å². The normalized spacial score (nSPS) is 17.0. The lowest BCUT2D eigenvalue weighted by atomic mass is 10.0. The van der Waals surface area contributed by atoms with Crippen molar-refractivity contribution in [2.45, 2.75) is 33.6 Å². The second-order valence-electron chi connectivity index (χ2n) is 5.71. The van der Waals surface area contributed by atoms with Gasteiger partial charge in [0.2, 0.25) is 0 Å². The Hall–Kier alpha value is -1.02. The van der Waals surface area contributed by atoms with E-state index in [2.05, 4.69) is 44.9 Å². The highest BCUT2D eigenvalue weighted by Crippen LogP contribution is 2.45. The fourth-order valence-corrected chi connectivity index (χ4v) is 2.55. The molecule has 1 aromatic carbocycles. The minimum absolute atomic E-state index is 0.403. The molecule has 0 unspecified atom stereocenters. The maximum Gasteiger partial charge on any atom is 0.0396 e. The Morgan fingerprint density at radius 3 is 2.35 bits per heavy atom. The molecule has 1 aromatic rings. The summed E-state index contributed by atoms with van der Waals surface area (Å²) in [5.74, 6) is 0. The highest BCUT2D eigenvalue weighted by Gasteiger charge is 2.42. The highest BCUT2D eigenvalue weighted by molar-refractivity contribution is 5.57. The molecule has 0 aliphatic heterocycles.